The van der Waals surface area contributed by atoms with Crippen molar-refractivity contribution in [1.82, 2.24) is 5.43 Å². The normalized spacial score (nSPS) is 18.4. The predicted molar refractivity (Wildman–Crippen MR) is 77.4 cm³/mol. The van der Waals surface area contributed by atoms with E-state index < -0.39 is 30.0 Å². The quantitative estimate of drug-likeness (QED) is 0.856. The van der Waals surface area contributed by atoms with Gasteiger partial charge in [-0.15, -0.1) is 0 Å². The zero-order valence-corrected chi connectivity index (χ0v) is 12.8. The van der Waals surface area contributed by atoms with Gasteiger partial charge in [0, 0.05) is 17.9 Å². The van der Waals surface area contributed by atoms with Crippen LogP contribution in [0.1, 0.15) is 18.9 Å². The topological polar surface area (TPSA) is 70.9 Å². The average Bonchev–Trinajstić information content (AvgIpc) is 2.50. The molecule has 0 spiro atoms. The summed E-state index contributed by atoms with van der Waals surface area (Å²) in [7, 11) is 0. The molecule has 1 aliphatic rings. The summed E-state index contributed by atoms with van der Waals surface area (Å²) in [5, 5.41) is 11.8. The largest absolute Gasteiger partial charge is 0.486 e. The van der Waals surface area contributed by atoms with E-state index in [-0.39, 0.29) is 29.6 Å². The fourth-order valence-electron chi connectivity index (χ4n) is 2.05. The number of aliphatic hydroxyl groups excluding tert-OH is 1. The van der Waals surface area contributed by atoms with Crippen molar-refractivity contribution in [1.29, 1.82) is 0 Å². The molecule has 2 N–H and O–H groups in total. The first-order chi connectivity index (χ1) is 10.7. The number of benzene rings is 1. The van der Waals surface area contributed by atoms with Crippen LogP contribution in [0.2, 0.25) is 5.02 Å². The Morgan fingerprint density at radius 1 is 1.52 bits per heavy atom. The minimum absolute atomic E-state index is 0.0590. The Labute approximate surface area is 135 Å². The highest BCUT2D eigenvalue weighted by Gasteiger charge is 2.30. The number of amides is 1. The summed E-state index contributed by atoms with van der Waals surface area (Å²) in [6, 6.07) is 2.53. The highest BCUT2D eigenvalue weighted by atomic mass is 35.5. The van der Waals surface area contributed by atoms with E-state index in [1.54, 1.807) is 6.92 Å². The highest BCUT2D eigenvalue weighted by molar-refractivity contribution is 6.32. The summed E-state index contributed by atoms with van der Waals surface area (Å²) in [6.45, 7) is -0.814. The number of halogens is 4. The van der Waals surface area contributed by atoms with Gasteiger partial charge in [0.25, 0.3) is 0 Å². The number of rotatable bonds is 5. The molecule has 0 radical (unpaired) electrons. The molecule has 0 saturated heterocycles. The van der Waals surface area contributed by atoms with Gasteiger partial charge in [0.1, 0.15) is 17.4 Å². The molecule has 23 heavy (non-hydrogen) atoms. The monoisotopic (exact) mass is 350 g/mol. The number of ether oxygens (including phenoxy) is 1. The molecule has 1 atom stereocenters. The maximum absolute atomic E-state index is 14.4. The van der Waals surface area contributed by atoms with Gasteiger partial charge in [-0.05, 0) is 12.1 Å². The number of nitrogens with one attached hydrogen (secondary N) is 1. The second-order valence-electron chi connectivity index (χ2n) is 5.18. The van der Waals surface area contributed by atoms with Gasteiger partial charge in [-0.3, -0.25) is 4.79 Å². The molecule has 126 valence electrons. The minimum atomic E-state index is -3.45. The first kappa shape index (κ1) is 17.6. The summed E-state index contributed by atoms with van der Waals surface area (Å²) in [4.78, 5) is 11.2. The third-order valence-electron chi connectivity index (χ3n) is 3.25. The summed E-state index contributed by atoms with van der Waals surface area (Å²) in [5.74, 6) is -5.20. The first-order valence-corrected chi connectivity index (χ1v) is 7.09. The van der Waals surface area contributed by atoms with Crippen molar-refractivity contribution in [3.05, 3.63) is 28.5 Å². The van der Waals surface area contributed by atoms with Gasteiger partial charge in [-0.2, -0.15) is 5.10 Å². The van der Waals surface area contributed by atoms with E-state index in [2.05, 4.69) is 10.5 Å². The number of hydrazone groups is 1. The zero-order valence-electron chi connectivity index (χ0n) is 12.1. The van der Waals surface area contributed by atoms with Crippen molar-refractivity contribution in [2.24, 2.45) is 11.0 Å². The highest BCUT2D eigenvalue weighted by Crippen LogP contribution is 2.32. The van der Waals surface area contributed by atoms with Crippen LogP contribution in [0.4, 0.5) is 13.2 Å². The van der Waals surface area contributed by atoms with Crippen LogP contribution in [0.5, 0.6) is 5.75 Å². The molecular formula is C14H14ClF3N2O3. The van der Waals surface area contributed by atoms with Gasteiger partial charge in [-0.1, -0.05) is 18.5 Å². The van der Waals surface area contributed by atoms with E-state index in [9.17, 15) is 18.0 Å². The van der Waals surface area contributed by atoms with Gasteiger partial charge in [-0.25, -0.2) is 18.6 Å². The molecule has 0 aromatic heterocycles. The van der Waals surface area contributed by atoms with Crippen molar-refractivity contribution in [2.75, 3.05) is 13.2 Å². The van der Waals surface area contributed by atoms with Crippen LogP contribution in [0.3, 0.4) is 0 Å². The molecule has 2 rings (SSSR count). The molecule has 0 fully saturated rings. The molecule has 1 aliphatic heterocycles. The maximum atomic E-state index is 14.4. The number of carbonyl (C=O) groups is 1. The SMILES string of the molecule is CC1CC(=O)NN=C1c1ccc(OCC(F)(F)CO)c(Cl)c1F. The molecule has 9 heteroatoms. The molecule has 1 aromatic rings. The molecule has 1 heterocycles. The Kier molecular flexibility index (Phi) is 5.16. The molecule has 0 saturated carbocycles. The van der Waals surface area contributed by atoms with Crippen LogP contribution >= 0.6 is 11.6 Å². The third-order valence-corrected chi connectivity index (χ3v) is 3.60. The number of carbonyl (C=O) groups excluding carboxylic acids is 1. The number of hydrogen-bond acceptors (Lipinski definition) is 4. The van der Waals surface area contributed by atoms with Gasteiger partial charge in [0.2, 0.25) is 5.91 Å². The number of hydrogen-bond donors (Lipinski definition) is 2. The lowest BCUT2D eigenvalue weighted by Gasteiger charge is -2.21. The Morgan fingerprint density at radius 2 is 2.22 bits per heavy atom. The lowest BCUT2D eigenvalue weighted by Crippen LogP contribution is -2.32. The lowest BCUT2D eigenvalue weighted by molar-refractivity contribution is -0.121. The second kappa shape index (κ2) is 6.76. The van der Waals surface area contributed by atoms with E-state index in [0.29, 0.717) is 5.71 Å². The Balaban J connectivity index is 2.26. The van der Waals surface area contributed by atoms with Crippen molar-refractivity contribution < 1.29 is 27.8 Å². The molecule has 0 aliphatic carbocycles. The number of aliphatic hydroxyl groups is 1. The lowest BCUT2D eigenvalue weighted by atomic mass is 9.94. The predicted octanol–water partition coefficient (Wildman–Crippen LogP) is 2.35. The molecule has 1 aromatic carbocycles. The van der Waals surface area contributed by atoms with E-state index in [1.165, 1.54) is 12.1 Å². The fourth-order valence-corrected chi connectivity index (χ4v) is 2.27. The van der Waals surface area contributed by atoms with Crippen molar-refractivity contribution in [3.8, 4) is 5.75 Å². The molecule has 0 bridgehead atoms. The van der Waals surface area contributed by atoms with E-state index in [4.69, 9.17) is 21.4 Å². The summed E-state index contributed by atoms with van der Waals surface area (Å²) in [6.07, 6.45) is 0.150. The minimum Gasteiger partial charge on any atom is -0.486 e. The number of alkyl halides is 2. The maximum Gasteiger partial charge on any atom is 0.303 e. The Hall–Kier alpha value is -1.80. The van der Waals surface area contributed by atoms with Crippen molar-refractivity contribution in [3.63, 3.8) is 0 Å². The van der Waals surface area contributed by atoms with Gasteiger partial charge in [0.05, 0.1) is 5.71 Å². The van der Waals surface area contributed by atoms with Crippen molar-refractivity contribution >= 4 is 23.2 Å². The Morgan fingerprint density at radius 3 is 2.83 bits per heavy atom. The molecular weight excluding hydrogens is 337 g/mol. The first-order valence-electron chi connectivity index (χ1n) is 6.71. The summed E-state index contributed by atoms with van der Waals surface area (Å²) >= 11 is 5.82. The zero-order chi connectivity index (χ0) is 17.2. The average molecular weight is 351 g/mol. The Bertz CT molecular complexity index is 652. The third kappa shape index (κ3) is 3.94. The number of nitrogens with zero attached hydrogens (tertiary/aromatic N) is 1. The van der Waals surface area contributed by atoms with E-state index in [0.717, 1.165) is 0 Å². The fraction of sp³-hybridized carbons (Fsp3) is 0.429. The van der Waals surface area contributed by atoms with Crippen LogP contribution in [-0.2, 0) is 4.79 Å². The van der Waals surface area contributed by atoms with E-state index >= 15 is 0 Å². The van der Waals surface area contributed by atoms with Crippen molar-refractivity contribution in [2.45, 2.75) is 19.3 Å². The van der Waals surface area contributed by atoms with Crippen LogP contribution < -0.4 is 10.2 Å². The van der Waals surface area contributed by atoms with Crippen LogP contribution in [0.25, 0.3) is 0 Å². The van der Waals surface area contributed by atoms with E-state index in [1.807, 2.05) is 0 Å². The van der Waals surface area contributed by atoms with Crippen LogP contribution in [-0.4, -0.2) is 35.9 Å². The molecule has 1 unspecified atom stereocenters. The molecule has 5 nitrogen and oxygen atoms in total. The van der Waals surface area contributed by atoms with Crippen LogP contribution in [0.15, 0.2) is 17.2 Å². The van der Waals surface area contributed by atoms with Gasteiger partial charge >= 0.3 is 5.92 Å². The summed E-state index contributed by atoms with van der Waals surface area (Å²) < 4.78 is 45.1. The van der Waals surface area contributed by atoms with Crippen LogP contribution in [0, 0.1) is 11.7 Å². The standard InChI is InChI=1S/C14H14ClF3N2O3/c1-7-4-10(22)19-20-13(7)8-2-3-9(11(15)12(8)16)23-6-14(17,18)5-21/h2-3,7,21H,4-6H2,1H3,(H,19,22). The second-order valence-corrected chi connectivity index (χ2v) is 5.56. The van der Waals surface area contributed by atoms with Gasteiger partial charge < -0.3 is 9.84 Å². The summed E-state index contributed by atoms with van der Waals surface area (Å²) in [5.41, 5.74) is 2.62. The smallest absolute Gasteiger partial charge is 0.303 e. The van der Waals surface area contributed by atoms with Gasteiger partial charge in [0.15, 0.2) is 12.4 Å². The molecule has 1 amide bonds.